The molecule has 4 heteroatoms. The molecular formula is C11H15NO3. The third kappa shape index (κ3) is 3.58. The van der Waals surface area contributed by atoms with Crippen LogP contribution in [0, 0.1) is 11.8 Å². The molecule has 2 atom stereocenters. The second-order valence-corrected chi connectivity index (χ2v) is 3.64. The normalized spacial score (nSPS) is 21.0. The van der Waals surface area contributed by atoms with E-state index < -0.39 is 11.9 Å². The first kappa shape index (κ1) is 11.5. The predicted molar refractivity (Wildman–Crippen MR) is 56.2 cm³/mol. The van der Waals surface area contributed by atoms with Gasteiger partial charge in [0.2, 0.25) is 5.91 Å². The zero-order valence-corrected chi connectivity index (χ0v) is 8.64. The average molecular weight is 209 g/mol. The third-order valence-corrected chi connectivity index (χ3v) is 2.32. The van der Waals surface area contributed by atoms with Gasteiger partial charge in [-0.1, -0.05) is 31.2 Å². The number of nitrogens with one attached hydrogen (secondary N) is 1. The zero-order valence-electron chi connectivity index (χ0n) is 8.64. The molecule has 4 nitrogen and oxygen atoms in total. The molecule has 1 aliphatic carbocycles. The Morgan fingerprint density at radius 3 is 2.80 bits per heavy atom. The maximum absolute atomic E-state index is 11.5. The number of carboxylic acids is 1. The minimum Gasteiger partial charge on any atom is -0.481 e. The lowest BCUT2D eigenvalue weighted by atomic mass is 10.00. The highest BCUT2D eigenvalue weighted by Crippen LogP contribution is 2.11. The summed E-state index contributed by atoms with van der Waals surface area (Å²) >= 11 is 0. The quantitative estimate of drug-likeness (QED) is 0.724. The lowest BCUT2D eigenvalue weighted by molar-refractivity contribution is -0.141. The summed E-state index contributed by atoms with van der Waals surface area (Å²) in [6, 6.07) is 0. The summed E-state index contributed by atoms with van der Waals surface area (Å²) in [6.07, 6.45) is 8.15. The van der Waals surface area contributed by atoms with E-state index in [9.17, 15) is 9.59 Å². The fourth-order valence-electron chi connectivity index (χ4n) is 1.25. The molecule has 0 bridgehead atoms. The Labute approximate surface area is 88.7 Å². The summed E-state index contributed by atoms with van der Waals surface area (Å²) in [6.45, 7) is 1.75. The number of aliphatic carboxylic acids is 1. The molecule has 1 aliphatic rings. The molecule has 0 saturated heterocycles. The number of carbonyl (C=O) groups is 2. The highest BCUT2D eigenvalue weighted by Gasteiger charge is 2.17. The summed E-state index contributed by atoms with van der Waals surface area (Å²) in [7, 11) is 0. The van der Waals surface area contributed by atoms with Gasteiger partial charge in [0.1, 0.15) is 0 Å². The highest BCUT2D eigenvalue weighted by atomic mass is 16.4. The molecule has 0 saturated carbocycles. The van der Waals surface area contributed by atoms with Gasteiger partial charge in [-0.25, -0.2) is 0 Å². The Kier molecular flexibility index (Phi) is 4.09. The van der Waals surface area contributed by atoms with Crippen LogP contribution in [0.3, 0.4) is 0 Å². The van der Waals surface area contributed by atoms with Crippen molar-refractivity contribution in [1.29, 1.82) is 0 Å². The van der Waals surface area contributed by atoms with Crippen molar-refractivity contribution in [2.24, 2.45) is 11.8 Å². The SMILES string of the molecule is CC(CNC(=O)C1C=CC=CC1)C(=O)O. The number of hydrogen-bond acceptors (Lipinski definition) is 2. The number of hydrogen-bond donors (Lipinski definition) is 2. The molecule has 0 aromatic heterocycles. The van der Waals surface area contributed by atoms with Crippen LogP contribution in [0.2, 0.25) is 0 Å². The van der Waals surface area contributed by atoms with E-state index in [1.165, 1.54) is 0 Å². The Bertz CT molecular complexity index is 307. The predicted octanol–water partition coefficient (Wildman–Crippen LogP) is 0.956. The molecule has 2 unspecified atom stereocenters. The topological polar surface area (TPSA) is 66.4 Å². The highest BCUT2D eigenvalue weighted by molar-refractivity contribution is 5.81. The largest absolute Gasteiger partial charge is 0.481 e. The number of rotatable bonds is 4. The van der Waals surface area contributed by atoms with Crippen molar-refractivity contribution in [3.05, 3.63) is 24.3 Å². The molecule has 0 spiro atoms. The van der Waals surface area contributed by atoms with Gasteiger partial charge in [0.05, 0.1) is 11.8 Å². The van der Waals surface area contributed by atoms with E-state index in [2.05, 4.69) is 5.32 Å². The Balaban J connectivity index is 2.33. The van der Waals surface area contributed by atoms with Crippen molar-refractivity contribution in [2.75, 3.05) is 6.54 Å². The molecule has 1 amide bonds. The number of carbonyl (C=O) groups excluding carboxylic acids is 1. The van der Waals surface area contributed by atoms with Crippen LogP contribution in [0.25, 0.3) is 0 Å². The first-order valence-electron chi connectivity index (χ1n) is 4.95. The Morgan fingerprint density at radius 2 is 2.27 bits per heavy atom. The summed E-state index contributed by atoms with van der Waals surface area (Å²) in [5.74, 6) is -1.70. The van der Waals surface area contributed by atoms with Gasteiger partial charge < -0.3 is 10.4 Å². The van der Waals surface area contributed by atoms with Crippen molar-refractivity contribution >= 4 is 11.9 Å². The van der Waals surface area contributed by atoms with Crippen molar-refractivity contribution in [1.82, 2.24) is 5.32 Å². The van der Waals surface area contributed by atoms with Gasteiger partial charge in [-0.15, -0.1) is 0 Å². The monoisotopic (exact) mass is 209 g/mol. The second-order valence-electron chi connectivity index (χ2n) is 3.64. The van der Waals surface area contributed by atoms with Crippen molar-refractivity contribution in [2.45, 2.75) is 13.3 Å². The molecule has 0 radical (unpaired) electrons. The van der Waals surface area contributed by atoms with Crippen molar-refractivity contribution in [3.8, 4) is 0 Å². The van der Waals surface area contributed by atoms with E-state index in [0.717, 1.165) is 0 Å². The van der Waals surface area contributed by atoms with Gasteiger partial charge in [-0.3, -0.25) is 9.59 Å². The van der Waals surface area contributed by atoms with Gasteiger partial charge >= 0.3 is 5.97 Å². The summed E-state index contributed by atoms with van der Waals surface area (Å²) in [5, 5.41) is 11.3. The van der Waals surface area contributed by atoms with E-state index in [-0.39, 0.29) is 18.4 Å². The fourth-order valence-corrected chi connectivity index (χ4v) is 1.25. The summed E-state index contributed by atoms with van der Waals surface area (Å²) < 4.78 is 0. The van der Waals surface area contributed by atoms with E-state index in [1.54, 1.807) is 6.92 Å². The van der Waals surface area contributed by atoms with E-state index in [1.807, 2.05) is 24.3 Å². The van der Waals surface area contributed by atoms with E-state index in [0.29, 0.717) is 6.42 Å². The minimum atomic E-state index is -0.894. The Hall–Kier alpha value is -1.58. The molecular weight excluding hydrogens is 194 g/mol. The second kappa shape index (κ2) is 5.34. The number of carboxylic acid groups (broad SMARTS) is 1. The maximum atomic E-state index is 11.5. The fraction of sp³-hybridized carbons (Fsp3) is 0.455. The molecule has 2 N–H and O–H groups in total. The van der Waals surface area contributed by atoms with Crippen molar-refractivity contribution in [3.63, 3.8) is 0 Å². The van der Waals surface area contributed by atoms with Crippen LogP contribution >= 0.6 is 0 Å². The van der Waals surface area contributed by atoms with Gasteiger partial charge in [0.15, 0.2) is 0 Å². The average Bonchev–Trinajstić information content (AvgIpc) is 2.26. The molecule has 15 heavy (non-hydrogen) atoms. The van der Waals surface area contributed by atoms with Crippen LogP contribution in [0.5, 0.6) is 0 Å². The zero-order chi connectivity index (χ0) is 11.3. The van der Waals surface area contributed by atoms with Crippen LogP contribution in [-0.2, 0) is 9.59 Å². The third-order valence-electron chi connectivity index (χ3n) is 2.32. The summed E-state index contributed by atoms with van der Waals surface area (Å²) in [4.78, 5) is 22.0. The van der Waals surface area contributed by atoms with Crippen LogP contribution in [0.1, 0.15) is 13.3 Å². The molecule has 0 aliphatic heterocycles. The smallest absolute Gasteiger partial charge is 0.308 e. The molecule has 0 aromatic carbocycles. The molecule has 0 heterocycles. The van der Waals surface area contributed by atoms with Crippen LogP contribution in [0.4, 0.5) is 0 Å². The van der Waals surface area contributed by atoms with Gasteiger partial charge in [-0.2, -0.15) is 0 Å². The first-order chi connectivity index (χ1) is 7.11. The van der Waals surface area contributed by atoms with Gasteiger partial charge in [0.25, 0.3) is 0 Å². The summed E-state index contributed by atoms with van der Waals surface area (Å²) in [5.41, 5.74) is 0. The number of allylic oxidation sites excluding steroid dienone is 3. The van der Waals surface area contributed by atoms with Crippen molar-refractivity contribution < 1.29 is 14.7 Å². The Morgan fingerprint density at radius 1 is 1.53 bits per heavy atom. The molecule has 0 fully saturated rings. The van der Waals surface area contributed by atoms with Crippen LogP contribution in [0.15, 0.2) is 24.3 Å². The standard InChI is InChI=1S/C11H15NO3/c1-8(11(14)15)7-12-10(13)9-5-3-2-4-6-9/h2-5,8-9H,6-7H2,1H3,(H,12,13)(H,14,15). The van der Waals surface area contributed by atoms with Gasteiger partial charge in [-0.05, 0) is 6.42 Å². The lowest BCUT2D eigenvalue weighted by Gasteiger charge is -2.14. The number of amides is 1. The first-order valence-corrected chi connectivity index (χ1v) is 4.95. The van der Waals surface area contributed by atoms with E-state index >= 15 is 0 Å². The van der Waals surface area contributed by atoms with Gasteiger partial charge in [0, 0.05) is 6.54 Å². The van der Waals surface area contributed by atoms with Crippen LogP contribution < -0.4 is 5.32 Å². The lowest BCUT2D eigenvalue weighted by Crippen LogP contribution is -2.35. The molecule has 82 valence electrons. The maximum Gasteiger partial charge on any atom is 0.308 e. The molecule has 1 rings (SSSR count). The van der Waals surface area contributed by atoms with E-state index in [4.69, 9.17) is 5.11 Å². The minimum absolute atomic E-state index is 0.108. The molecule has 0 aromatic rings. The van der Waals surface area contributed by atoms with Crippen LogP contribution in [-0.4, -0.2) is 23.5 Å².